The van der Waals surface area contributed by atoms with Crippen LogP contribution >= 0.6 is 11.6 Å². The number of carbonyl (C=O) groups is 2. The van der Waals surface area contributed by atoms with Crippen molar-refractivity contribution in [3.8, 4) is 0 Å². The SMILES string of the molecule is O=C(O)CCCCCNC(=O)Nc1ccc(Cl)cc1F. The molecule has 0 aromatic heterocycles. The maximum atomic E-state index is 13.4. The van der Waals surface area contributed by atoms with Crippen LogP contribution in [0.25, 0.3) is 0 Å². The largest absolute Gasteiger partial charge is 0.481 e. The number of unbranched alkanes of at least 4 members (excludes halogenated alkanes) is 2. The molecule has 20 heavy (non-hydrogen) atoms. The topological polar surface area (TPSA) is 78.4 Å². The molecule has 0 radical (unpaired) electrons. The van der Waals surface area contributed by atoms with E-state index in [0.717, 1.165) is 6.07 Å². The molecule has 0 aliphatic heterocycles. The van der Waals surface area contributed by atoms with Gasteiger partial charge in [-0.15, -0.1) is 0 Å². The van der Waals surface area contributed by atoms with Crippen molar-refractivity contribution in [1.82, 2.24) is 5.32 Å². The van der Waals surface area contributed by atoms with Gasteiger partial charge in [0.05, 0.1) is 5.69 Å². The third kappa shape index (κ3) is 6.38. The summed E-state index contributed by atoms with van der Waals surface area (Å²) in [5, 5.41) is 13.6. The minimum atomic E-state index is -0.825. The number of rotatable bonds is 7. The summed E-state index contributed by atoms with van der Waals surface area (Å²) >= 11 is 5.60. The maximum Gasteiger partial charge on any atom is 0.319 e. The molecule has 0 fully saturated rings. The Labute approximate surface area is 121 Å². The molecular formula is C13H16ClFN2O3. The van der Waals surface area contributed by atoms with Gasteiger partial charge in [-0.2, -0.15) is 0 Å². The van der Waals surface area contributed by atoms with E-state index in [2.05, 4.69) is 10.6 Å². The van der Waals surface area contributed by atoms with Crippen LogP contribution in [0.2, 0.25) is 5.02 Å². The number of benzene rings is 1. The van der Waals surface area contributed by atoms with E-state index in [-0.39, 0.29) is 17.1 Å². The number of carbonyl (C=O) groups excluding carboxylic acids is 1. The number of carboxylic acid groups (broad SMARTS) is 1. The van der Waals surface area contributed by atoms with Gasteiger partial charge in [0.25, 0.3) is 0 Å². The van der Waals surface area contributed by atoms with Crippen LogP contribution in [0.15, 0.2) is 18.2 Å². The van der Waals surface area contributed by atoms with Crippen molar-refractivity contribution in [3.63, 3.8) is 0 Å². The third-order valence-corrected chi connectivity index (χ3v) is 2.77. The lowest BCUT2D eigenvalue weighted by Crippen LogP contribution is -2.29. The van der Waals surface area contributed by atoms with Crippen molar-refractivity contribution in [2.24, 2.45) is 0 Å². The van der Waals surface area contributed by atoms with Gasteiger partial charge >= 0.3 is 12.0 Å². The van der Waals surface area contributed by atoms with E-state index in [9.17, 15) is 14.0 Å². The van der Waals surface area contributed by atoms with Gasteiger partial charge in [-0.05, 0) is 31.0 Å². The summed E-state index contributed by atoms with van der Waals surface area (Å²) < 4.78 is 13.4. The molecule has 0 spiro atoms. The van der Waals surface area contributed by atoms with Gasteiger partial charge in [0.15, 0.2) is 0 Å². The molecule has 0 unspecified atom stereocenters. The van der Waals surface area contributed by atoms with Crippen molar-refractivity contribution >= 4 is 29.3 Å². The molecule has 0 aliphatic rings. The van der Waals surface area contributed by atoms with Gasteiger partial charge in [0.2, 0.25) is 0 Å². The van der Waals surface area contributed by atoms with Crippen LogP contribution in [-0.2, 0) is 4.79 Å². The minimum Gasteiger partial charge on any atom is -0.481 e. The number of hydrogen-bond donors (Lipinski definition) is 3. The Balaban J connectivity index is 2.22. The highest BCUT2D eigenvalue weighted by atomic mass is 35.5. The summed E-state index contributed by atoms with van der Waals surface area (Å²) in [4.78, 5) is 21.7. The number of nitrogens with one attached hydrogen (secondary N) is 2. The number of hydrogen-bond acceptors (Lipinski definition) is 2. The standard InChI is InChI=1S/C13H16ClFN2O3/c14-9-5-6-11(10(15)8-9)17-13(20)16-7-3-1-2-4-12(18)19/h5-6,8H,1-4,7H2,(H,18,19)(H2,16,17,20). The molecule has 0 aliphatic carbocycles. The molecule has 0 saturated carbocycles. The highest BCUT2D eigenvalue weighted by Gasteiger charge is 2.06. The maximum absolute atomic E-state index is 13.4. The lowest BCUT2D eigenvalue weighted by Gasteiger charge is -2.08. The lowest BCUT2D eigenvalue weighted by molar-refractivity contribution is -0.137. The molecule has 110 valence electrons. The van der Waals surface area contributed by atoms with Crippen LogP contribution in [0.4, 0.5) is 14.9 Å². The Morgan fingerprint density at radius 2 is 2.00 bits per heavy atom. The van der Waals surface area contributed by atoms with E-state index >= 15 is 0 Å². The van der Waals surface area contributed by atoms with Crippen LogP contribution in [0.1, 0.15) is 25.7 Å². The molecule has 0 bridgehead atoms. The van der Waals surface area contributed by atoms with E-state index in [1.807, 2.05) is 0 Å². The Kier molecular flexibility index (Phi) is 6.79. The summed E-state index contributed by atoms with van der Waals surface area (Å²) in [6.45, 7) is 0.403. The summed E-state index contributed by atoms with van der Waals surface area (Å²) in [5.74, 6) is -1.43. The molecule has 7 heteroatoms. The molecule has 3 N–H and O–H groups in total. The van der Waals surface area contributed by atoms with Crippen LogP contribution in [0.3, 0.4) is 0 Å². The van der Waals surface area contributed by atoms with Gasteiger partial charge < -0.3 is 15.7 Å². The second-order valence-corrected chi connectivity index (χ2v) is 4.65. The van der Waals surface area contributed by atoms with Gasteiger partial charge in [0, 0.05) is 18.0 Å². The minimum absolute atomic E-state index is 0.0535. The molecule has 2 amide bonds. The third-order valence-electron chi connectivity index (χ3n) is 2.53. The molecule has 0 atom stereocenters. The van der Waals surface area contributed by atoms with E-state index in [0.29, 0.717) is 25.8 Å². The second kappa shape index (κ2) is 8.37. The average Bonchev–Trinajstić information content (AvgIpc) is 2.36. The summed E-state index contributed by atoms with van der Waals surface area (Å²) in [6, 6.07) is 3.46. The smallest absolute Gasteiger partial charge is 0.319 e. The number of halogens is 2. The first-order valence-electron chi connectivity index (χ1n) is 6.20. The predicted molar refractivity (Wildman–Crippen MR) is 74.5 cm³/mol. The van der Waals surface area contributed by atoms with Crippen molar-refractivity contribution in [2.75, 3.05) is 11.9 Å². The quantitative estimate of drug-likeness (QED) is 0.677. The number of carboxylic acids is 1. The zero-order valence-corrected chi connectivity index (χ0v) is 11.5. The van der Waals surface area contributed by atoms with Crippen molar-refractivity contribution in [2.45, 2.75) is 25.7 Å². The second-order valence-electron chi connectivity index (χ2n) is 4.21. The zero-order valence-electron chi connectivity index (χ0n) is 10.8. The first-order chi connectivity index (χ1) is 9.49. The predicted octanol–water partition coefficient (Wildman–Crippen LogP) is 3.25. The van der Waals surface area contributed by atoms with Crippen LogP contribution < -0.4 is 10.6 Å². The van der Waals surface area contributed by atoms with Crippen molar-refractivity contribution in [1.29, 1.82) is 0 Å². The Hall–Kier alpha value is -1.82. The molecule has 1 aromatic carbocycles. The summed E-state index contributed by atoms with van der Waals surface area (Å²) in [7, 11) is 0. The Morgan fingerprint density at radius 3 is 2.65 bits per heavy atom. The average molecular weight is 303 g/mol. The first-order valence-corrected chi connectivity index (χ1v) is 6.58. The summed E-state index contributed by atoms with van der Waals surface area (Å²) in [6.07, 6.45) is 2.08. The van der Waals surface area contributed by atoms with E-state index < -0.39 is 17.8 Å². The van der Waals surface area contributed by atoms with Crippen LogP contribution in [0.5, 0.6) is 0 Å². The highest BCUT2D eigenvalue weighted by Crippen LogP contribution is 2.18. The van der Waals surface area contributed by atoms with Gasteiger partial charge in [-0.3, -0.25) is 4.79 Å². The number of aliphatic carboxylic acids is 1. The fourth-order valence-corrected chi connectivity index (χ4v) is 1.70. The lowest BCUT2D eigenvalue weighted by atomic mass is 10.2. The Bertz CT molecular complexity index is 483. The molecule has 5 nitrogen and oxygen atoms in total. The molecule has 1 rings (SSSR count). The molecular weight excluding hydrogens is 287 g/mol. The van der Waals surface area contributed by atoms with Crippen LogP contribution in [0, 0.1) is 5.82 Å². The number of urea groups is 1. The van der Waals surface area contributed by atoms with Crippen LogP contribution in [-0.4, -0.2) is 23.7 Å². The summed E-state index contributed by atoms with van der Waals surface area (Å²) in [5.41, 5.74) is 0.0535. The zero-order chi connectivity index (χ0) is 15.0. The van der Waals surface area contributed by atoms with E-state index in [1.165, 1.54) is 12.1 Å². The van der Waals surface area contributed by atoms with Gasteiger partial charge in [-0.1, -0.05) is 18.0 Å². The highest BCUT2D eigenvalue weighted by molar-refractivity contribution is 6.30. The monoisotopic (exact) mass is 302 g/mol. The van der Waals surface area contributed by atoms with Gasteiger partial charge in [0.1, 0.15) is 5.82 Å². The fraction of sp³-hybridized carbons (Fsp3) is 0.385. The number of amides is 2. The van der Waals surface area contributed by atoms with Gasteiger partial charge in [-0.25, -0.2) is 9.18 Å². The van der Waals surface area contributed by atoms with Crippen molar-refractivity contribution in [3.05, 3.63) is 29.0 Å². The first kappa shape index (κ1) is 16.2. The van der Waals surface area contributed by atoms with E-state index in [1.54, 1.807) is 0 Å². The normalized spacial score (nSPS) is 10.1. The van der Waals surface area contributed by atoms with Crippen molar-refractivity contribution < 1.29 is 19.1 Å². The number of anilines is 1. The fourth-order valence-electron chi connectivity index (χ4n) is 1.54. The molecule has 0 saturated heterocycles. The Morgan fingerprint density at radius 1 is 1.25 bits per heavy atom. The molecule has 1 aromatic rings. The molecule has 0 heterocycles. The van der Waals surface area contributed by atoms with E-state index in [4.69, 9.17) is 16.7 Å².